The number of benzene rings is 1. The molecule has 0 heterocycles. The number of nitrogens with zero attached hydrogens (tertiary/aromatic N) is 1. The SMILES string of the molecule is CNC(CN(CC1CC1)CC1CC1)c1ccccc1OC. The second kappa shape index (κ2) is 6.80. The van der Waals surface area contributed by atoms with Gasteiger partial charge in [0.1, 0.15) is 5.75 Å². The first-order valence-electron chi connectivity index (χ1n) is 8.32. The molecule has 0 spiro atoms. The summed E-state index contributed by atoms with van der Waals surface area (Å²) in [6, 6.07) is 8.74. The molecular weight excluding hydrogens is 260 g/mol. The van der Waals surface area contributed by atoms with E-state index in [0.717, 1.165) is 24.1 Å². The molecule has 0 amide bonds. The molecule has 1 aromatic rings. The van der Waals surface area contributed by atoms with Crippen molar-refractivity contribution in [1.29, 1.82) is 0 Å². The van der Waals surface area contributed by atoms with Gasteiger partial charge < -0.3 is 15.0 Å². The van der Waals surface area contributed by atoms with Crippen LogP contribution < -0.4 is 10.1 Å². The highest BCUT2D eigenvalue weighted by atomic mass is 16.5. The lowest BCUT2D eigenvalue weighted by molar-refractivity contribution is 0.226. The maximum Gasteiger partial charge on any atom is 0.123 e. The summed E-state index contributed by atoms with van der Waals surface area (Å²) >= 11 is 0. The van der Waals surface area contributed by atoms with Crippen molar-refractivity contribution in [2.45, 2.75) is 31.7 Å². The lowest BCUT2D eigenvalue weighted by atomic mass is 10.0. The van der Waals surface area contributed by atoms with E-state index in [9.17, 15) is 0 Å². The van der Waals surface area contributed by atoms with Crippen LogP contribution in [0, 0.1) is 11.8 Å². The molecule has 2 aliphatic carbocycles. The molecule has 1 N–H and O–H groups in total. The highest BCUT2D eigenvalue weighted by Crippen LogP contribution is 2.35. The van der Waals surface area contributed by atoms with Crippen molar-refractivity contribution in [1.82, 2.24) is 10.2 Å². The fourth-order valence-electron chi connectivity index (χ4n) is 3.11. The van der Waals surface area contributed by atoms with Crippen LogP contribution in [0.2, 0.25) is 0 Å². The third-order valence-corrected chi connectivity index (χ3v) is 4.73. The summed E-state index contributed by atoms with van der Waals surface area (Å²) in [6.07, 6.45) is 5.72. The van der Waals surface area contributed by atoms with Crippen molar-refractivity contribution >= 4 is 0 Å². The number of hydrogen-bond acceptors (Lipinski definition) is 3. The topological polar surface area (TPSA) is 24.5 Å². The molecule has 1 unspecified atom stereocenters. The molecule has 3 heteroatoms. The fraction of sp³-hybridized carbons (Fsp3) is 0.667. The Balaban J connectivity index is 1.67. The van der Waals surface area contributed by atoms with Crippen molar-refractivity contribution < 1.29 is 4.74 Å². The number of para-hydroxylation sites is 1. The molecule has 2 fully saturated rings. The van der Waals surface area contributed by atoms with Gasteiger partial charge in [0.25, 0.3) is 0 Å². The van der Waals surface area contributed by atoms with Gasteiger partial charge in [0.15, 0.2) is 0 Å². The Labute approximate surface area is 128 Å². The smallest absolute Gasteiger partial charge is 0.123 e. The van der Waals surface area contributed by atoms with Crippen LogP contribution in [0.5, 0.6) is 5.75 Å². The van der Waals surface area contributed by atoms with Crippen molar-refractivity contribution in [2.75, 3.05) is 33.8 Å². The first-order chi connectivity index (χ1) is 10.3. The quantitative estimate of drug-likeness (QED) is 0.756. The molecule has 1 aromatic carbocycles. The first-order valence-corrected chi connectivity index (χ1v) is 8.32. The summed E-state index contributed by atoms with van der Waals surface area (Å²) in [4.78, 5) is 2.68. The van der Waals surface area contributed by atoms with Gasteiger partial charge in [-0.15, -0.1) is 0 Å². The highest BCUT2D eigenvalue weighted by Gasteiger charge is 2.30. The average molecular weight is 288 g/mol. The number of rotatable bonds is 9. The standard InChI is InChI=1S/C18H28N2O/c1-19-17(16-5-3-4-6-18(16)21-2)13-20(11-14-7-8-14)12-15-9-10-15/h3-6,14-15,17,19H,7-13H2,1-2H3. The van der Waals surface area contributed by atoms with Crippen LogP contribution in [-0.4, -0.2) is 38.7 Å². The Bertz CT molecular complexity index is 440. The molecule has 0 aliphatic heterocycles. The first kappa shape index (κ1) is 14.9. The molecule has 3 rings (SSSR count). The molecule has 0 radical (unpaired) electrons. The van der Waals surface area contributed by atoms with Crippen molar-refractivity contribution in [2.24, 2.45) is 11.8 Å². The molecule has 0 saturated heterocycles. The van der Waals surface area contributed by atoms with Gasteiger partial charge in [0.2, 0.25) is 0 Å². The van der Waals surface area contributed by atoms with Crippen LogP contribution in [0.25, 0.3) is 0 Å². The van der Waals surface area contributed by atoms with Crippen LogP contribution in [0.15, 0.2) is 24.3 Å². The van der Waals surface area contributed by atoms with Gasteiger partial charge in [-0.1, -0.05) is 18.2 Å². The van der Waals surface area contributed by atoms with Gasteiger partial charge in [-0.3, -0.25) is 0 Å². The van der Waals surface area contributed by atoms with E-state index in [-0.39, 0.29) is 0 Å². The summed E-state index contributed by atoms with van der Waals surface area (Å²) in [5.74, 6) is 2.91. The van der Waals surface area contributed by atoms with E-state index in [2.05, 4.69) is 35.5 Å². The molecule has 2 aliphatic rings. The highest BCUT2D eigenvalue weighted by molar-refractivity contribution is 5.36. The second-order valence-corrected chi connectivity index (χ2v) is 6.69. The minimum Gasteiger partial charge on any atom is -0.496 e. The van der Waals surface area contributed by atoms with E-state index in [1.807, 2.05) is 6.07 Å². The summed E-state index contributed by atoms with van der Waals surface area (Å²) in [5.41, 5.74) is 1.28. The molecular formula is C18H28N2O. The van der Waals surface area contributed by atoms with Crippen LogP contribution in [0.1, 0.15) is 37.3 Å². The summed E-state index contributed by atoms with van der Waals surface area (Å²) in [5, 5.41) is 3.49. The maximum absolute atomic E-state index is 5.54. The van der Waals surface area contributed by atoms with Crippen molar-refractivity contribution in [3.8, 4) is 5.75 Å². The lowest BCUT2D eigenvalue weighted by Crippen LogP contribution is -2.36. The van der Waals surface area contributed by atoms with Gasteiger partial charge >= 0.3 is 0 Å². The van der Waals surface area contributed by atoms with Gasteiger partial charge in [0, 0.05) is 31.2 Å². The zero-order chi connectivity index (χ0) is 14.7. The number of hydrogen-bond donors (Lipinski definition) is 1. The van der Waals surface area contributed by atoms with E-state index in [1.165, 1.54) is 44.3 Å². The third kappa shape index (κ3) is 4.21. The Hall–Kier alpha value is -1.06. The second-order valence-electron chi connectivity index (χ2n) is 6.69. The molecule has 2 saturated carbocycles. The zero-order valence-electron chi connectivity index (χ0n) is 13.3. The molecule has 1 atom stereocenters. The number of likely N-dealkylation sites (N-methyl/N-ethyl adjacent to an activating group) is 1. The fourth-order valence-corrected chi connectivity index (χ4v) is 3.11. The van der Waals surface area contributed by atoms with Crippen molar-refractivity contribution in [3.05, 3.63) is 29.8 Å². The van der Waals surface area contributed by atoms with Crippen LogP contribution >= 0.6 is 0 Å². The van der Waals surface area contributed by atoms with Crippen molar-refractivity contribution in [3.63, 3.8) is 0 Å². The van der Waals surface area contributed by atoms with Crippen LogP contribution in [0.3, 0.4) is 0 Å². The number of methoxy groups -OCH3 is 1. The summed E-state index contributed by atoms with van der Waals surface area (Å²) in [6.45, 7) is 3.65. The van der Waals surface area contributed by atoms with E-state index in [4.69, 9.17) is 4.74 Å². The van der Waals surface area contributed by atoms with Gasteiger partial charge in [0.05, 0.1) is 7.11 Å². The minimum atomic E-state index is 0.346. The van der Waals surface area contributed by atoms with Gasteiger partial charge in [-0.2, -0.15) is 0 Å². The van der Waals surface area contributed by atoms with Crippen LogP contribution in [0.4, 0.5) is 0 Å². The van der Waals surface area contributed by atoms with Crippen LogP contribution in [-0.2, 0) is 0 Å². The van der Waals surface area contributed by atoms with E-state index < -0.39 is 0 Å². The lowest BCUT2D eigenvalue weighted by Gasteiger charge is -2.28. The molecule has 3 nitrogen and oxygen atoms in total. The molecule has 0 bridgehead atoms. The normalized spacial score (nSPS) is 19.8. The van der Waals surface area contributed by atoms with Gasteiger partial charge in [-0.05, 0) is 50.6 Å². The zero-order valence-corrected chi connectivity index (χ0v) is 13.3. The maximum atomic E-state index is 5.54. The Kier molecular flexibility index (Phi) is 4.81. The predicted octanol–water partition coefficient (Wildman–Crippen LogP) is 3.08. The Morgan fingerprint density at radius 1 is 1.14 bits per heavy atom. The average Bonchev–Trinajstić information content (AvgIpc) is 3.41. The molecule has 21 heavy (non-hydrogen) atoms. The summed E-state index contributed by atoms with van der Waals surface area (Å²) in [7, 11) is 3.82. The number of nitrogens with one attached hydrogen (secondary N) is 1. The minimum absolute atomic E-state index is 0.346. The van der Waals surface area contributed by atoms with E-state index >= 15 is 0 Å². The monoisotopic (exact) mass is 288 g/mol. The van der Waals surface area contributed by atoms with Gasteiger partial charge in [-0.25, -0.2) is 0 Å². The van der Waals surface area contributed by atoms with E-state index in [0.29, 0.717) is 6.04 Å². The number of ether oxygens (including phenoxy) is 1. The molecule has 0 aromatic heterocycles. The Morgan fingerprint density at radius 3 is 2.29 bits per heavy atom. The third-order valence-electron chi connectivity index (χ3n) is 4.73. The predicted molar refractivity (Wildman–Crippen MR) is 86.7 cm³/mol. The van der Waals surface area contributed by atoms with E-state index in [1.54, 1.807) is 7.11 Å². The largest absolute Gasteiger partial charge is 0.496 e. The Morgan fingerprint density at radius 2 is 1.76 bits per heavy atom. The summed E-state index contributed by atoms with van der Waals surface area (Å²) < 4.78 is 5.54. The molecule has 116 valence electrons.